The van der Waals surface area contributed by atoms with Crippen molar-refractivity contribution in [3.63, 3.8) is 0 Å². The number of nitrogens with zero attached hydrogens (tertiary/aromatic N) is 1. The zero-order valence-electron chi connectivity index (χ0n) is 11.6. The lowest BCUT2D eigenvalue weighted by molar-refractivity contribution is 0.146. The lowest BCUT2D eigenvalue weighted by Gasteiger charge is -2.40. The number of piperazine rings is 1. The van der Waals surface area contributed by atoms with Crippen molar-refractivity contribution in [2.24, 2.45) is 5.92 Å². The van der Waals surface area contributed by atoms with E-state index in [0.717, 1.165) is 17.2 Å². The van der Waals surface area contributed by atoms with Gasteiger partial charge in [-0.3, -0.25) is 4.90 Å². The zero-order chi connectivity index (χ0) is 12.2. The quantitative estimate of drug-likeness (QED) is 0.847. The molecule has 3 rings (SSSR count). The van der Waals surface area contributed by atoms with Gasteiger partial charge in [0.25, 0.3) is 0 Å². The third-order valence-electron chi connectivity index (χ3n) is 4.99. The average Bonchev–Trinajstić information content (AvgIpc) is 2.93. The molecule has 3 heteroatoms. The maximum Gasteiger partial charge on any atom is 0.0223 e. The number of thioether (sulfide) groups is 1. The molecule has 3 fully saturated rings. The summed E-state index contributed by atoms with van der Waals surface area (Å²) in [6.45, 7) is 5.18. The summed E-state index contributed by atoms with van der Waals surface area (Å²) >= 11 is 2.21. The Balaban J connectivity index is 1.47. The fraction of sp³-hybridized carbons (Fsp3) is 1.00. The van der Waals surface area contributed by atoms with Crippen LogP contribution in [-0.2, 0) is 0 Å². The van der Waals surface area contributed by atoms with E-state index in [-0.39, 0.29) is 0 Å². The van der Waals surface area contributed by atoms with Gasteiger partial charge in [-0.05, 0) is 37.4 Å². The maximum absolute atomic E-state index is 3.80. The van der Waals surface area contributed by atoms with Crippen LogP contribution >= 0.6 is 11.8 Å². The fourth-order valence-corrected chi connectivity index (χ4v) is 5.25. The molecule has 2 aliphatic heterocycles. The Morgan fingerprint density at radius 3 is 2.72 bits per heavy atom. The van der Waals surface area contributed by atoms with Crippen LogP contribution in [0.25, 0.3) is 0 Å². The van der Waals surface area contributed by atoms with E-state index in [1.54, 1.807) is 0 Å². The molecule has 2 heterocycles. The summed E-state index contributed by atoms with van der Waals surface area (Å²) in [5.74, 6) is 2.38. The van der Waals surface area contributed by atoms with Gasteiger partial charge in [-0.15, -0.1) is 0 Å². The van der Waals surface area contributed by atoms with Crippen LogP contribution in [0.15, 0.2) is 0 Å². The smallest absolute Gasteiger partial charge is 0.0223 e. The van der Waals surface area contributed by atoms with Gasteiger partial charge in [0, 0.05) is 37.5 Å². The van der Waals surface area contributed by atoms with Gasteiger partial charge < -0.3 is 5.32 Å². The van der Waals surface area contributed by atoms with Gasteiger partial charge in [-0.1, -0.05) is 19.3 Å². The molecule has 0 spiro atoms. The van der Waals surface area contributed by atoms with E-state index in [0.29, 0.717) is 0 Å². The Morgan fingerprint density at radius 2 is 1.94 bits per heavy atom. The predicted octanol–water partition coefficient (Wildman–Crippen LogP) is 2.74. The van der Waals surface area contributed by atoms with Crippen LogP contribution < -0.4 is 5.32 Å². The average molecular weight is 268 g/mol. The monoisotopic (exact) mass is 268 g/mol. The Morgan fingerprint density at radius 1 is 1.06 bits per heavy atom. The van der Waals surface area contributed by atoms with Crippen molar-refractivity contribution < 1.29 is 0 Å². The van der Waals surface area contributed by atoms with Gasteiger partial charge >= 0.3 is 0 Å². The molecule has 1 saturated carbocycles. The predicted molar refractivity (Wildman–Crippen MR) is 80.3 cm³/mol. The summed E-state index contributed by atoms with van der Waals surface area (Å²) in [4.78, 5) is 2.75. The molecule has 0 radical (unpaired) electrons. The maximum atomic E-state index is 3.80. The van der Waals surface area contributed by atoms with E-state index in [9.17, 15) is 0 Å². The Hall–Kier alpha value is 0.270. The van der Waals surface area contributed by atoms with E-state index in [4.69, 9.17) is 0 Å². The second kappa shape index (κ2) is 6.62. The standard InChI is InChI=1S/C15H28N2S/c1-2-5-13(6-3-1)15-12-17(9-8-16-15)11-14-7-4-10-18-14/h13-16H,1-12H2. The van der Waals surface area contributed by atoms with Crippen LogP contribution in [-0.4, -0.2) is 48.1 Å². The van der Waals surface area contributed by atoms with E-state index >= 15 is 0 Å². The highest BCUT2D eigenvalue weighted by molar-refractivity contribution is 8.00. The van der Waals surface area contributed by atoms with Gasteiger partial charge in [0.2, 0.25) is 0 Å². The third-order valence-corrected chi connectivity index (χ3v) is 6.37. The van der Waals surface area contributed by atoms with E-state index in [1.165, 1.54) is 76.9 Å². The minimum Gasteiger partial charge on any atom is -0.311 e. The Kier molecular flexibility index (Phi) is 4.88. The summed E-state index contributed by atoms with van der Waals surface area (Å²) < 4.78 is 0. The van der Waals surface area contributed by atoms with Crippen LogP contribution in [0.1, 0.15) is 44.9 Å². The molecule has 0 amide bonds. The van der Waals surface area contributed by atoms with Gasteiger partial charge in [0.05, 0.1) is 0 Å². The molecule has 0 aromatic heterocycles. The van der Waals surface area contributed by atoms with Gasteiger partial charge in [0.1, 0.15) is 0 Å². The number of nitrogens with one attached hydrogen (secondary N) is 1. The lowest BCUT2D eigenvalue weighted by atomic mass is 9.83. The van der Waals surface area contributed by atoms with Crippen molar-refractivity contribution >= 4 is 11.8 Å². The van der Waals surface area contributed by atoms with Crippen LogP contribution in [0.5, 0.6) is 0 Å². The highest BCUT2D eigenvalue weighted by Gasteiger charge is 2.29. The summed E-state index contributed by atoms with van der Waals surface area (Å²) in [5, 5.41) is 4.74. The molecule has 2 unspecified atom stereocenters. The summed E-state index contributed by atoms with van der Waals surface area (Å²) in [6, 6.07) is 0.797. The van der Waals surface area contributed by atoms with Crippen molar-refractivity contribution in [2.45, 2.75) is 56.2 Å². The SMILES string of the molecule is C1CCC(C2CN(CC3CCCS3)CCN2)CC1. The van der Waals surface area contributed by atoms with Crippen molar-refractivity contribution in [3.8, 4) is 0 Å². The Labute approximate surface area is 116 Å². The number of hydrogen-bond acceptors (Lipinski definition) is 3. The minimum absolute atomic E-state index is 0.797. The molecule has 1 aliphatic carbocycles. The second-order valence-corrected chi connectivity index (χ2v) is 7.76. The number of hydrogen-bond donors (Lipinski definition) is 1. The summed E-state index contributed by atoms with van der Waals surface area (Å²) in [6.07, 6.45) is 10.3. The van der Waals surface area contributed by atoms with Crippen molar-refractivity contribution in [1.82, 2.24) is 10.2 Å². The molecular formula is C15H28N2S. The highest BCUT2D eigenvalue weighted by Crippen LogP contribution is 2.30. The molecule has 18 heavy (non-hydrogen) atoms. The lowest BCUT2D eigenvalue weighted by Crippen LogP contribution is -2.55. The molecule has 104 valence electrons. The van der Waals surface area contributed by atoms with E-state index in [2.05, 4.69) is 22.0 Å². The van der Waals surface area contributed by atoms with Crippen molar-refractivity contribution in [1.29, 1.82) is 0 Å². The largest absolute Gasteiger partial charge is 0.311 e. The van der Waals surface area contributed by atoms with Crippen LogP contribution in [0.4, 0.5) is 0 Å². The van der Waals surface area contributed by atoms with E-state index in [1.807, 2.05) is 0 Å². The molecule has 0 aromatic rings. The van der Waals surface area contributed by atoms with Gasteiger partial charge in [-0.2, -0.15) is 11.8 Å². The molecule has 0 aromatic carbocycles. The number of rotatable bonds is 3. The Bertz CT molecular complexity index is 247. The molecule has 2 saturated heterocycles. The molecule has 3 aliphatic rings. The van der Waals surface area contributed by atoms with Gasteiger partial charge in [0.15, 0.2) is 0 Å². The van der Waals surface area contributed by atoms with Gasteiger partial charge in [-0.25, -0.2) is 0 Å². The van der Waals surface area contributed by atoms with E-state index < -0.39 is 0 Å². The molecule has 2 atom stereocenters. The van der Waals surface area contributed by atoms with Crippen molar-refractivity contribution in [3.05, 3.63) is 0 Å². The molecular weight excluding hydrogens is 240 g/mol. The zero-order valence-corrected chi connectivity index (χ0v) is 12.4. The molecule has 2 nitrogen and oxygen atoms in total. The first-order valence-corrected chi connectivity index (χ1v) is 9.04. The fourth-order valence-electron chi connectivity index (χ4n) is 3.94. The molecule has 1 N–H and O–H groups in total. The first-order chi connectivity index (χ1) is 8.92. The highest BCUT2D eigenvalue weighted by atomic mass is 32.2. The minimum atomic E-state index is 0.797. The molecule has 0 bridgehead atoms. The summed E-state index contributed by atoms with van der Waals surface area (Å²) in [5.41, 5.74) is 0. The third kappa shape index (κ3) is 3.43. The topological polar surface area (TPSA) is 15.3 Å². The normalized spacial score (nSPS) is 36.0. The van der Waals surface area contributed by atoms with Crippen LogP contribution in [0.2, 0.25) is 0 Å². The van der Waals surface area contributed by atoms with Crippen LogP contribution in [0, 0.1) is 5.92 Å². The van der Waals surface area contributed by atoms with Crippen molar-refractivity contribution in [2.75, 3.05) is 31.9 Å². The first kappa shape index (κ1) is 13.3. The first-order valence-electron chi connectivity index (χ1n) is 7.99. The summed E-state index contributed by atoms with van der Waals surface area (Å²) in [7, 11) is 0. The van der Waals surface area contributed by atoms with Crippen LogP contribution in [0.3, 0.4) is 0 Å². The second-order valence-electron chi connectivity index (χ2n) is 6.35.